The van der Waals surface area contributed by atoms with Gasteiger partial charge in [0.05, 0.1) is 34.2 Å². The van der Waals surface area contributed by atoms with Crippen LogP contribution in [0.25, 0.3) is 16.4 Å². The molecule has 0 saturated heterocycles. The molecule has 0 radical (unpaired) electrons. The zero-order valence-electron chi connectivity index (χ0n) is 16.4. The lowest BCUT2D eigenvalue weighted by Gasteiger charge is -2.10. The number of aromatic nitrogens is 4. The molecule has 1 aromatic carbocycles. The highest BCUT2D eigenvalue weighted by molar-refractivity contribution is 7.92. The van der Waals surface area contributed by atoms with Crippen molar-refractivity contribution >= 4 is 38.0 Å². The summed E-state index contributed by atoms with van der Waals surface area (Å²) in [6, 6.07) is 12.0. The average Bonchev–Trinajstić information content (AvgIpc) is 3.21. The lowest BCUT2D eigenvalue weighted by atomic mass is 10.2. The number of amides is 1. The molecule has 0 saturated carbocycles. The molecule has 0 aliphatic heterocycles. The van der Waals surface area contributed by atoms with E-state index in [1.165, 1.54) is 10.9 Å². The Morgan fingerprint density at radius 1 is 1.13 bits per heavy atom. The summed E-state index contributed by atoms with van der Waals surface area (Å²) in [6.07, 6.45) is 4.71. The van der Waals surface area contributed by atoms with Gasteiger partial charge >= 0.3 is 0 Å². The number of rotatable bonds is 8. The van der Waals surface area contributed by atoms with Gasteiger partial charge in [-0.3, -0.25) is 18.9 Å². The van der Waals surface area contributed by atoms with Gasteiger partial charge in [-0.05, 0) is 30.3 Å². The number of fused-ring (bicyclic) bond motifs is 2. The first-order chi connectivity index (χ1) is 14.9. The molecule has 0 aliphatic rings. The van der Waals surface area contributed by atoms with Crippen LogP contribution in [-0.2, 0) is 21.4 Å². The van der Waals surface area contributed by atoms with Crippen LogP contribution in [0.3, 0.4) is 0 Å². The van der Waals surface area contributed by atoms with Crippen molar-refractivity contribution in [1.82, 2.24) is 24.5 Å². The van der Waals surface area contributed by atoms with Gasteiger partial charge in [-0.25, -0.2) is 17.9 Å². The molecule has 0 bridgehead atoms. The van der Waals surface area contributed by atoms with Gasteiger partial charge in [-0.2, -0.15) is 5.10 Å². The molecule has 0 atom stereocenters. The molecule has 160 valence electrons. The maximum Gasteiger partial charge on any atom is 0.261 e. The number of anilines is 1. The largest absolute Gasteiger partial charge is 0.355 e. The average molecular weight is 440 g/mol. The molecule has 0 unspecified atom stereocenters. The number of nitrogens with zero attached hydrogens (tertiary/aromatic N) is 4. The Morgan fingerprint density at radius 3 is 2.84 bits per heavy atom. The molecular formula is C20H20N6O4S. The Balaban J connectivity index is 1.27. The summed E-state index contributed by atoms with van der Waals surface area (Å²) in [5, 5.41) is 7.10. The third-order valence-electron chi connectivity index (χ3n) is 4.68. The zero-order valence-corrected chi connectivity index (χ0v) is 17.2. The monoisotopic (exact) mass is 440 g/mol. The maximum absolute atomic E-state index is 12.4. The first-order valence-electron chi connectivity index (χ1n) is 9.56. The van der Waals surface area contributed by atoms with E-state index < -0.39 is 10.0 Å². The minimum Gasteiger partial charge on any atom is -0.355 e. The van der Waals surface area contributed by atoms with Crippen molar-refractivity contribution in [3.05, 3.63) is 71.5 Å². The lowest BCUT2D eigenvalue weighted by Crippen LogP contribution is -2.32. The van der Waals surface area contributed by atoms with Crippen LogP contribution in [0.15, 0.2) is 66.0 Å². The van der Waals surface area contributed by atoms with Gasteiger partial charge in [0, 0.05) is 31.9 Å². The number of carbonyl (C=O) groups is 1. The summed E-state index contributed by atoms with van der Waals surface area (Å²) in [5.74, 6) is -0.628. The number of hydrogen-bond donors (Lipinski definition) is 2. The van der Waals surface area contributed by atoms with E-state index in [4.69, 9.17) is 0 Å². The lowest BCUT2D eigenvalue weighted by molar-refractivity contribution is -0.121. The van der Waals surface area contributed by atoms with E-state index in [0.29, 0.717) is 16.6 Å². The van der Waals surface area contributed by atoms with E-state index in [-0.39, 0.29) is 36.7 Å². The van der Waals surface area contributed by atoms with Crippen LogP contribution in [0.4, 0.5) is 5.69 Å². The normalized spacial score (nSPS) is 11.6. The number of sulfonamides is 1. The molecule has 1 amide bonds. The van der Waals surface area contributed by atoms with Crippen LogP contribution >= 0.6 is 0 Å². The Kier molecular flexibility index (Phi) is 5.67. The second-order valence-electron chi connectivity index (χ2n) is 6.90. The Labute approximate surface area is 177 Å². The number of benzene rings is 1. The molecule has 3 aromatic heterocycles. The summed E-state index contributed by atoms with van der Waals surface area (Å²) in [6.45, 7) is 0.104. The van der Waals surface area contributed by atoms with Crippen molar-refractivity contribution in [3.8, 4) is 0 Å². The fourth-order valence-electron chi connectivity index (χ4n) is 3.12. The van der Waals surface area contributed by atoms with Gasteiger partial charge in [-0.1, -0.05) is 12.1 Å². The number of carbonyl (C=O) groups excluding carboxylic acids is 1. The summed E-state index contributed by atoms with van der Waals surface area (Å²) in [5.41, 5.74) is 1.55. The summed E-state index contributed by atoms with van der Waals surface area (Å²) in [7, 11) is -3.64. The number of para-hydroxylation sites is 1. The van der Waals surface area contributed by atoms with Gasteiger partial charge in [0.1, 0.15) is 0 Å². The van der Waals surface area contributed by atoms with E-state index >= 15 is 0 Å². The van der Waals surface area contributed by atoms with E-state index in [1.54, 1.807) is 59.4 Å². The second kappa shape index (κ2) is 8.56. The third-order valence-corrected chi connectivity index (χ3v) is 5.97. The van der Waals surface area contributed by atoms with Crippen LogP contribution in [0.2, 0.25) is 0 Å². The summed E-state index contributed by atoms with van der Waals surface area (Å²) < 4.78 is 30.0. The Bertz CT molecular complexity index is 1410. The van der Waals surface area contributed by atoms with E-state index in [9.17, 15) is 18.0 Å². The van der Waals surface area contributed by atoms with Gasteiger partial charge in [0.15, 0.2) is 0 Å². The fourth-order valence-corrected chi connectivity index (χ4v) is 4.08. The highest BCUT2D eigenvalue weighted by atomic mass is 32.2. The van der Waals surface area contributed by atoms with Crippen LogP contribution < -0.4 is 15.6 Å². The molecule has 3 heterocycles. The van der Waals surface area contributed by atoms with Crippen molar-refractivity contribution in [2.45, 2.75) is 13.0 Å². The minimum absolute atomic E-state index is 0.0330. The van der Waals surface area contributed by atoms with Crippen molar-refractivity contribution in [1.29, 1.82) is 0 Å². The number of nitrogens with one attached hydrogen (secondary N) is 2. The molecule has 11 heteroatoms. The van der Waals surface area contributed by atoms with Crippen LogP contribution in [0, 0.1) is 0 Å². The van der Waals surface area contributed by atoms with E-state index in [1.807, 2.05) is 0 Å². The first kappa shape index (κ1) is 20.5. The summed E-state index contributed by atoms with van der Waals surface area (Å²) in [4.78, 5) is 28.7. The predicted molar refractivity (Wildman–Crippen MR) is 116 cm³/mol. The van der Waals surface area contributed by atoms with Crippen molar-refractivity contribution < 1.29 is 13.2 Å². The number of hydrogen-bond acceptors (Lipinski definition) is 6. The number of pyridine rings is 1. The SMILES string of the molecule is O=C(CCn1cnc2ccccc2c1=O)NCCS(=O)(=O)Nc1ccn2nccc2c1. The topological polar surface area (TPSA) is 127 Å². The first-order valence-corrected chi connectivity index (χ1v) is 11.2. The molecule has 0 fully saturated rings. The smallest absolute Gasteiger partial charge is 0.261 e. The molecule has 4 rings (SSSR count). The third kappa shape index (κ3) is 4.89. The van der Waals surface area contributed by atoms with Gasteiger partial charge in [0.2, 0.25) is 15.9 Å². The highest BCUT2D eigenvalue weighted by Crippen LogP contribution is 2.13. The van der Waals surface area contributed by atoms with E-state index in [0.717, 1.165) is 5.52 Å². The Morgan fingerprint density at radius 2 is 1.97 bits per heavy atom. The molecule has 0 aliphatic carbocycles. The minimum atomic E-state index is -3.64. The molecule has 4 aromatic rings. The molecular weight excluding hydrogens is 420 g/mol. The van der Waals surface area contributed by atoms with Gasteiger partial charge in [0.25, 0.3) is 5.56 Å². The van der Waals surface area contributed by atoms with Crippen LogP contribution in [0.1, 0.15) is 6.42 Å². The van der Waals surface area contributed by atoms with Gasteiger partial charge in [-0.15, -0.1) is 0 Å². The molecule has 31 heavy (non-hydrogen) atoms. The van der Waals surface area contributed by atoms with Crippen LogP contribution in [0.5, 0.6) is 0 Å². The second-order valence-corrected chi connectivity index (χ2v) is 8.74. The maximum atomic E-state index is 12.4. The Hall–Kier alpha value is -3.73. The highest BCUT2D eigenvalue weighted by Gasteiger charge is 2.12. The van der Waals surface area contributed by atoms with Crippen molar-refractivity contribution in [3.63, 3.8) is 0 Å². The zero-order chi connectivity index (χ0) is 21.8. The molecule has 10 nitrogen and oxygen atoms in total. The van der Waals surface area contributed by atoms with Crippen molar-refractivity contribution in [2.24, 2.45) is 0 Å². The standard InChI is InChI=1S/C20H20N6O4S/c27-19(7-10-25-14-22-18-4-2-1-3-17(18)20(25)28)21-9-12-31(29,30)24-15-6-11-26-16(13-15)5-8-23-26/h1-6,8,11,13-14,24H,7,9-10,12H2,(H,21,27). The van der Waals surface area contributed by atoms with Crippen LogP contribution in [-0.4, -0.2) is 45.8 Å². The van der Waals surface area contributed by atoms with Crippen molar-refractivity contribution in [2.75, 3.05) is 17.0 Å². The molecule has 2 N–H and O–H groups in total. The quantitative estimate of drug-likeness (QED) is 0.421. The molecule has 0 spiro atoms. The van der Waals surface area contributed by atoms with Gasteiger partial charge < -0.3 is 5.32 Å². The summed E-state index contributed by atoms with van der Waals surface area (Å²) >= 11 is 0. The fraction of sp³-hybridized carbons (Fsp3) is 0.200. The predicted octanol–water partition coefficient (Wildman–Crippen LogP) is 0.992. The van der Waals surface area contributed by atoms with E-state index in [2.05, 4.69) is 20.1 Å². The number of aryl methyl sites for hydroxylation is 1.